The molecule has 0 bridgehead atoms. The first-order chi connectivity index (χ1) is 15.3. The number of rotatable bonds is 8. The zero-order valence-corrected chi connectivity index (χ0v) is 19.4. The largest absolute Gasteiger partial charge is 0.490 e. The molecule has 2 aromatic rings. The smallest absolute Gasteiger partial charge is 0.266 e. The third-order valence-corrected chi connectivity index (χ3v) is 5.53. The first kappa shape index (κ1) is 23.4. The molecule has 2 N–H and O–H groups in total. The molecule has 1 aliphatic rings. The van der Waals surface area contributed by atoms with Crippen LogP contribution in [0.15, 0.2) is 52.4 Å². The summed E-state index contributed by atoms with van der Waals surface area (Å²) in [4.78, 5) is 31.1. The molecule has 1 saturated heterocycles. The lowest BCUT2D eigenvalue weighted by atomic mass is 10.1. The number of aryl methyl sites for hydroxylation is 1. The Morgan fingerprint density at radius 1 is 1.16 bits per heavy atom. The van der Waals surface area contributed by atoms with Gasteiger partial charge in [0.15, 0.2) is 23.3 Å². The van der Waals surface area contributed by atoms with Gasteiger partial charge in [0.05, 0.1) is 17.2 Å². The van der Waals surface area contributed by atoms with Crippen molar-refractivity contribution in [2.24, 2.45) is 10.7 Å². The van der Waals surface area contributed by atoms with Gasteiger partial charge in [-0.1, -0.05) is 23.8 Å². The van der Waals surface area contributed by atoms with Crippen molar-refractivity contribution >= 4 is 40.5 Å². The number of nitrogens with two attached hydrogens (primary N) is 1. The van der Waals surface area contributed by atoms with E-state index in [1.54, 1.807) is 29.2 Å². The molecule has 0 spiro atoms. The average molecular weight is 454 g/mol. The molecule has 0 radical (unpaired) electrons. The highest BCUT2D eigenvalue weighted by Crippen LogP contribution is 2.37. The molecule has 3 rings (SSSR count). The van der Waals surface area contributed by atoms with Gasteiger partial charge in [-0.15, -0.1) is 0 Å². The number of benzene rings is 2. The fourth-order valence-electron chi connectivity index (χ4n) is 3.05. The second kappa shape index (κ2) is 10.4. The van der Waals surface area contributed by atoms with Crippen LogP contribution in [0.3, 0.4) is 0 Å². The molecule has 0 atom stereocenters. The van der Waals surface area contributed by atoms with Crippen LogP contribution < -0.4 is 15.2 Å². The van der Waals surface area contributed by atoms with Crippen LogP contribution in [0.25, 0.3) is 6.08 Å². The van der Waals surface area contributed by atoms with Crippen molar-refractivity contribution in [3.63, 3.8) is 0 Å². The molecule has 1 heterocycles. The Morgan fingerprint density at radius 2 is 1.88 bits per heavy atom. The van der Waals surface area contributed by atoms with Gasteiger partial charge in [-0.3, -0.25) is 14.5 Å². The zero-order chi connectivity index (χ0) is 23.3. The number of primary amides is 1. The molecule has 2 aromatic carbocycles. The summed E-state index contributed by atoms with van der Waals surface area (Å²) in [6.07, 6.45) is 1.81. The third kappa shape index (κ3) is 5.70. The summed E-state index contributed by atoms with van der Waals surface area (Å²) in [7, 11) is 0. The van der Waals surface area contributed by atoms with Crippen molar-refractivity contribution in [2.45, 2.75) is 33.7 Å². The Kier molecular flexibility index (Phi) is 7.58. The van der Waals surface area contributed by atoms with Gasteiger partial charge < -0.3 is 15.2 Å². The number of aliphatic imine (C=N–C) groups is 1. The summed E-state index contributed by atoms with van der Waals surface area (Å²) < 4.78 is 11.1. The van der Waals surface area contributed by atoms with Crippen LogP contribution in [0.5, 0.6) is 11.5 Å². The zero-order valence-electron chi connectivity index (χ0n) is 18.6. The van der Waals surface area contributed by atoms with Crippen molar-refractivity contribution in [1.29, 1.82) is 0 Å². The van der Waals surface area contributed by atoms with Gasteiger partial charge in [-0.05, 0) is 75.4 Å². The lowest BCUT2D eigenvalue weighted by Gasteiger charge is -2.19. The van der Waals surface area contributed by atoms with Crippen LogP contribution in [-0.4, -0.2) is 41.1 Å². The summed E-state index contributed by atoms with van der Waals surface area (Å²) in [6, 6.07) is 13.1. The minimum Gasteiger partial charge on any atom is -0.490 e. The van der Waals surface area contributed by atoms with Crippen molar-refractivity contribution in [3.05, 3.63) is 58.5 Å². The number of ether oxygens (including phenoxy) is 2. The predicted octanol–water partition coefficient (Wildman–Crippen LogP) is 4.27. The maximum Gasteiger partial charge on any atom is 0.266 e. The van der Waals surface area contributed by atoms with Gasteiger partial charge in [0.1, 0.15) is 0 Å². The Bertz CT molecular complexity index is 1060. The molecule has 0 saturated carbocycles. The summed E-state index contributed by atoms with van der Waals surface area (Å²) >= 11 is 1.34. The molecule has 0 aromatic heterocycles. The third-order valence-electron chi connectivity index (χ3n) is 4.55. The summed E-state index contributed by atoms with van der Waals surface area (Å²) in [5, 5.41) is 0.645. The van der Waals surface area contributed by atoms with E-state index in [0.717, 1.165) is 16.8 Å². The summed E-state index contributed by atoms with van der Waals surface area (Å²) in [5.41, 5.74) is 7.89. The quantitative estimate of drug-likeness (QED) is 0.603. The number of carbonyl (C=O) groups excluding carboxylic acids is 2. The van der Waals surface area contributed by atoms with Gasteiger partial charge in [0.2, 0.25) is 0 Å². The molecule has 1 fully saturated rings. The van der Waals surface area contributed by atoms with E-state index in [-0.39, 0.29) is 18.6 Å². The second-order valence-electron chi connectivity index (χ2n) is 7.50. The van der Waals surface area contributed by atoms with Crippen LogP contribution in [0.2, 0.25) is 0 Å². The molecule has 8 heteroatoms. The monoisotopic (exact) mass is 453 g/mol. The number of hydrogen-bond acceptors (Lipinski definition) is 6. The number of amides is 2. The van der Waals surface area contributed by atoms with E-state index < -0.39 is 5.91 Å². The van der Waals surface area contributed by atoms with Crippen LogP contribution in [0, 0.1) is 6.92 Å². The van der Waals surface area contributed by atoms with Crippen LogP contribution in [0.4, 0.5) is 5.69 Å². The van der Waals surface area contributed by atoms with E-state index in [9.17, 15) is 9.59 Å². The number of amidine groups is 1. The van der Waals surface area contributed by atoms with E-state index in [2.05, 4.69) is 0 Å². The molecule has 0 unspecified atom stereocenters. The van der Waals surface area contributed by atoms with Crippen LogP contribution in [-0.2, 0) is 9.59 Å². The highest BCUT2D eigenvalue weighted by molar-refractivity contribution is 8.18. The maximum absolute atomic E-state index is 13.1. The Hall–Kier alpha value is -3.26. The highest BCUT2D eigenvalue weighted by atomic mass is 32.2. The molecule has 32 heavy (non-hydrogen) atoms. The average Bonchev–Trinajstić information content (AvgIpc) is 3.04. The fourth-order valence-corrected chi connectivity index (χ4v) is 4.17. The topological polar surface area (TPSA) is 94.2 Å². The van der Waals surface area contributed by atoms with Crippen molar-refractivity contribution in [2.75, 3.05) is 13.2 Å². The van der Waals surface area contributed by atoms with Crippen LogP contribution >= 0.6 is 11.8 Å². The van der Waals surface area contributed by atoms with E-state index in [1.807, 2.05) is 52.0 Å². The summed E-state index contributed by atoms with van der Waals surface area (Å²) in [6.45, 7) is 7.99. The Balaban J connectivity index is 1.91. The molecule has 2 amide bonds. The predicted molar refractivity (Wildman–Crippen MR) is 128 cm³/mol. The first-order valence-electron chi connectivity index (χ1n) is 10.3. The Labute approximate surface area is 192 Å². The number of thioether (sulfide) groups is 1. The van der Waals surface area contributed by atoms with E-state index in [4.69, 9.17) is 20.2 Å². The molecule has 7 nitrogen and oxygen atoms in total. The molecule has 168 valence electrons. The maximum atomic E-state index is 13.1. The number of carbonyl (C=O) groups is 2. The van der Waals surface area contributed by atoms with Gasteiger partial charge in [0.25, 0.3) is 11.8 Å². The highest BCUT2D eigenvalue weighted by Gasteiger charge is 2.35. The fraction of sp³-hybridized carbons (Fsp3) is 0.292. The summed E-state index contributed by atoms with van der Waals surface area (Å²) in [5.74, 6) is 0.236. The van der Waals surface area contributed by atoms with Crippen molar-refractivity contribution < 1.29 is 19.1 Å². The van der Waals surface area contributed by atoms with E-state index in [0.29, 0.717) is 28.2 Å². The van der Waals surface area contributed by atoms with Gasteiger partial charge in [0, 0.05) is 6.04 Å². The molecular formula is C24H27N3O4S. The first-order valence-corrected chi connectivity index (χ1v) is 11.2. The van der Waals surface area contributed by atoms with E-state index >= 15 is 0 Å². The van der Waals surface area contributed by atoms with Gasteiger partial charge >= 0.3 is 0 Å². The number of hydrogen-bond donors (Lipinski definition) is 1. The molecule has 1 aliphatic heterocycles. The lowest BCUT2D eigenvalue weighted by Crippen LogP contribution is -2.35. The molecular weight excluding hydrogens is 426 g/mol. The minimum absolute atomic E-state index is 0.0336. The standard InChI is InChI=1S/C24H27N3O4S/c1-5-30-20-12-17(8-11-19(20)31-14-22(25)28)13-21-23(29)27(15(2)3)24(32-21)26-18-9-6-16(4)7-10-18/h6-13,15H,5,14H2,1-4H3,(H2,25,28)/b21-13+,26-24?. The lowest BCUT2D eigenvalue weighted by molar-refractivity contribution is -0.123. The minimum atomic E-state index is -0.569. The van der Waals surface area contributed by atoms with Crippen LogP contribution in [0.1, 0.15) is 31.9 Å². The molecule has 0 aliphatic carbocycles. The van der Waals surface area contributed by atoms with E-state index in [1.165, 1.54) is 11.8 Å². The number of nitrogens with zero attached hydrogens (tertiary/aromatic N) is 2. The second-order valence-corrected chi connectivity index (χ2v) is 8.51. The Morgan fingerprint density at radius 3 is 2.50 bits per heavy atom. The van der Waals surface area contributed by atoms with Crippen molar-refractivity contribution in [1.82, 2.24) is 4.90 Å². The SMILES string of the molecule is CCOc1cc(/C=C2/SC(=Nc3ccc(C)cc3)N(C(C)C)C2=O)ccc1OCC(N)=O. The van der Waals surface area contributed by atoms with Crippen molar-refractivity contribution in [3.8, 4) is 11.5 Å². The van der Waals surface area contributed by atoms with Gasteiger partial charge in [-0.25, -0.2) is 4.99 Å². The normalized spacial score (nSPS) is 16.3. The van der Waals surface area contributed by atoms with Gasteiger partial charge in [-0.2, -0.15) is 0 Å².